The molecule has 82 heavy (non-hydrogen) atoms. The van der Waals surface area contributed by atoms with Crippen molar-refractivity contribution in [1.82, 2.24) is 0 Å². The van der Waals surface area contributed by atoms with Gasteiger partial charge in [0.25, 0.3) is 0 Å². The molecule has 6 fully saturated rings. The monoisotopic (exact) mass is 1140 g/mol. The van der Waals surface area contributed by atoms with E-state index in [0.29, 0.717) is 35.5 Å². The van der Waals surface area contributed by atoms with Crippen molar-refractivity contribution in [2.24, 2.45) is 84.2 Å². The Morgan fingerprint density at radius 1 is 0.293 bits per heavy atom. The molecule has 0 bridgehead atoms. The van der Waals surface area contributed by atoms with Crippen molar-refractivity contribution in [1.29, 1.82) is 0 Å². The summed E-state index contributed by atoms with van der Waals surface area (Å²) in [7, 11) is -1.97. The molecule has 0 saturated heterocycles. The Morgan fingerprint density at radius 2 is 0.488 bits per heavy atom. The van der Waals surface area contributed by atoms with Gasteiger partial charge in [0.05, 0.1) is 18.3 Å². The fourth-order valence-electron chi connectivity index (χ4n) is 21.3. The molecule has 0 aromatic carbocycles. The Labute approximate surface area is 509 Å². The Kier molecular flexibility index (Phi) is 20.1. The van der Waals surface area contributed by atoms with Crippen LogP contribution in [0.25, 0.3) is 0 Å². The molecule has 0 radical (unpaired) electrons. The minimum atomic E-state index is -1.97. The van der Waals surface area contributed by atoms with Gasteiger partial charge in [-0.1, -0.05) is 293 Å². The van der Waals surface area contributed by atoms with Gasteiger partial charge >= 0.3 is 8.60 Å². The standard InChI is InChI=1S/C78H129O3P/c1-70(2,3)61-49-52-64(76(73(10,11)12,58-43-31-22-32-44-58)67(61)55-37-25-19-26-38-55)79-82(80-65-53-50-62(71(4,5)6)68(56-39-27-20-28-40-56)77(65,74(13,14)15)59-45-33-23-34-46-59)81-66-54-51-63(72(7,8)9)69(57-41-29-21-30-42-57)78(66,75(16,17)18)60-47-35-24-36-48-60/h49-60,64-66H,19-48H2,1-18H3. The minimum absolute atomic E-state index is 0.00871. The van der Waals surface area contributed by atoms with E-state index in [4.69, 9.17) is 13.6 Å². The highest BCUT2D eigenvalue weighted by molar-refractivity contribution is 7.41. The predicted molar refractivity (Wildman–Crippen MR) is 354 cm³/mol. The van der Waals surface area contributed by atoms with E-state index < -0.39 is 8.60 Å². The largest absolute Gasteiger partial charge is 0.334 e. The van der Waals surface area contributed by atoms with Gasteiger partial charge in [-0.05, 0) is 162 Å². The molecular weight excluding hydrogens is 1020 g/mol. The Bertz CT molecular complexity index is 2070. The Morgan fingerprint density at radius 3 is 0.671 bits per heavy atom. The molecule has 0 aliphatic heterocycles. The molecule has 3 nitrogen and oxygen atoms in total. The summed E-state index contributed by atoms with van der Waals surface area (Å²) < 4.78 is 26.1. The van der Waals surface area contributed by atoms with Gasteiger partial charge in [-0.3, -0.25) is 0 Å². The van der Waals surface area contributed by atoms with Crippen molar-refractivity contribution in [2.75, 3.05) is 0 Å². The molecule has 9 aliphatic carbocycles. The molecule has 0 spiro atoms. The second-order valence-corrected chi connectivity index (χ2v) is 36.6. The molecular formula is C78H129O3P. The van der Waals surface area contributed by atoms with E-state index in [2.05, 4.69) is 161 Å². The van der Waals surface area contributed by atoms with Crippen molar-refractivity contribution in [2.45, 2.75) is 336 Å². The number of hydrogen-bond donors (Lipinski definition) is 0. The Hall–Kier alpha value is -1.25. The molecule has 9 rings (SSSR count). The summed E-state index contributed by atoms with van der Waals surface area (Å²) in [4.78, 5) is 0. The summed E-state index contributed by atoms with van der Waals surface area (Å²) in [6.07, 6.45) is 54.7. The third-order valence-electron chi connectivity index (χ3n) is 24.4. The predicted octanol–water partition coefficient (Wildman–Crippen LogP) is 24.7. The van der Waals surface area contributed by atoms with E-state index in [1.54, 1.807) is 33.4 Å². The van der Waals surface area contributed by atoms with E-state index >= 15 is 0 Å². The van der Waals surface area contributed by atoms with Crippen LogP contribution in [0.4, 0.5) is 0 Å². The lowest BCUT2D eigenvalue weighted by atomic mass is 9.46. The zero-order chi connectivity index (χ0) is 59.3. The van der Waals surface area contributed by atoms with Crippen LogP contribution in [0, 0.1) is 84.2 Å². The summed E-state index contributed by atoms with van der Waals surface area (Å²) in [5.41, 5.74) is 9.27. The smallest absolute Gasteiger partial charge is 0.304 e. The van der Waals surface area contributed by atoms with Crippen molar-refractivity contribution >= 4 is 8.60 Å². The zero-order valence-corrected chi connectivity index (χ0v) is 57.9. The van der Waals surface area contributed by atoms with E-state index in [1.807, 2.05) is 0 Å². The molecule has 6 saturated carbocycles. The third kappa shape index (κ3) is 12.3. The molecule has 0 N–H and O–H groups in total. The van der Waals surface area contributed by atoms with Gasteiger partial charge in [0.1, 0.15) is 0 Å². The maximum atomic E-state index is 8.71. The van der Waals surface area contributed by atoms with Crippen LogP contribution >= 0.6 is 8.60 Å². The zero-order valence-electron chi connectivity index (χ0n) is 57.0. The first-order valence-electron chi connectivity index (χ1n) is 35.6. The summed E-state index contributed by atoms with van der Waals surface area (Å²) >= 11 is 0. The summed E-state index contributed by atoms with van der Waals surface area (Å²) in [6, 6.07) is 0. The first kappa shape index (κ1) is 65.2. The van der Waals surface area contributed by atoms with E-state index in [1.165, 1.54) is 193 Å². The Balaban J connectivity index is 1.32. The molecule has 4 heteroatoms. The summed E-state index contributed by atoms with van der Waals surface area (Å²) in [5, 5.41) is 0. The molecule has 0 aromatic rings. The van der Waals surface area contributed by atoms with Gasteiger partial charge in [-0.15, -0.1) is 0 Å². The quantitative estimate of drug-likeness (QED) is 0.182. The number of rotatable bonds is 12. The second-order valence-electron chi connectivity index (χ2n) is 35.5. The van der Waals surface area contributed by atoms with Crippen molar-refractivity contribution in [3.05, 3.63) is 69.9 Å². The van der Waals surface area contributed by atoms with Crippen molar-refractivity contribution in [3.63, 3.8) is 0 Å². The fraction of sp³-hybridized carbons (Fsp3) is 0.846. The van der Waals surface area contributed by atoms with Crippen LogP contribution in [0.3, 0.4) is 0 Å². The highest BCUT2D eigenvalue weighted by Gasteiger charge is 2.65. The molecule has 9 aliphatic rings. The van der Waals surface area contributed by atoms with Crippen LogP contribution in [0.5, 0.6) is 0 Å². The van der Waals surface area contributed by atoms with Crippen LogP contribution in [0.2, 0.25) is 0 Å². The average molecular weight is 1150 g/mol. The van der Waals surface area contributed by atoms with Crippen molar-refractivity contribution in [3.8, 4) is 0 Å². The van der Waals surface area contributed by atoms with Gasteiger partial charge < -0.3 is 13.6 Å². The van der Waals surface area contributed by atoms with Gasteiger partial charge in [0.15, 0.2) is 0 Å². The van der Waals surface area contributed by atoms with Gasteiger partial charge in [-0.2, -0.15) is 0 Å². The topological polar surface area (TPSA) is 27.7 Å². The molecule has 0 heterocycles. The lowest BCUT2D eigenvalue weighted by Gasteiger charge is -2.62. The third-order valence-corrected chi connectivity index (χ3v) is 25.6. The molecule has 6 unspecified atom stereocenters. The number of allylic oxidation sites excluding steroid dienone is 6. The van der Waals surface area contributed by atoms with E-state index in [0.717, 1.165) is 0 Å². The van der Waals surface area contributed by atoms with Crippen LogP contribution in [-0.4, -0.2) is 18.3 Å². The van der Waals surface area contributed by atoms with Crippen LogP contribution in [0.15, 0.2) is 69.9 Å². The minimum Gasteiger partial charge on any atom is -0.304 e. The highest BCUT2D eigenvalue weighted by atomic mass is 31.2. The van der Waals surface area contributed by atoms with Crippen LogP contribution in [-0.2, 0) is 13.6 Å². The SMILES string of the molecule is CC(C)(C)C1=C(C2CCCCC2)C(C2CCCCC2)(C(C)(C)C)C(OP(OC2C=CC(C(C)(C)C)=C(C3CCCCC3)C2(C2CCCCC2)C(C)(C)C)OC2C=CC(C(C)(C)C)=C(C3CCCCC3)C2(C2CCCCC2)C(C)(C)C)C=C1. The molecule has 464 valence electrons. The second kappa shape index (κ2) is 25.3. The lowest BCUT2D eigenvalue weighted by Crippen LogP contribution is -2.58. The molecule has 0 amide bonds. The van der Waals surface area contributed by atoms with Crippen LogP contribution in [0.1, 0.15) is 317 Å². The van der Waals surface area contributed by atoms with Gasteiger partial charge in [0, 0.05) is 16.2 Å². The van der Waals surface area contributed by atoms with Gasteiger partial charge in [-0.25, -0.2) is 0 Å². The maximum absolute atomic E-state index is 8.71. The van der Waals surface area contributed by atoms with Crippen molar-refractivity contribution < 1.29 is 13.6 Å². The van der Waals surface area contributed by atoms with E-state index in [-0.39, 0.29) is 67.0 Å². The van der Waals surface area contributed by atoms with Crippen LogP contribution < -0.4 is 0 Å². The lowest BCUT2D eigenvalue weighted by molar-refractivity contribution is -0.102. The van der Waals surface area contributed by atoms with Gasteiger partial charge in [0.2, 0.25) is 0 Å². The summed E-state index contributed by atoms with van der Waals surface area (Å²) in [6.45, 7) is 46.5. The average Bonchev–Trinajstić information content (AvgIpc) is 1.80. The number of hydrogen-bond acceptors (Lipinski definition) is 3. The normalized spacial score (nSPS) is 32.8. The van der Waals surface area contributed by atoms with E-state index in [9.17, 15) is 0 Å². The molecule has 6 atom stereocenters. The molecule has 0 aromatic heterocycles. The first-order chi connectivity index (χ1) is 38.5. The highest BCUT2D eigenvalue weighted by Crippen LogP contribution is 2.72. The first-order valence-corrected chi connectivity index (χ1v) is 36.7. The fourth-order valence-corrected chi connectivity index (χ4v) is 22.7. The summed E-state index contributed by atoms with van der Waals surface area (Å²) in [5.74, 6) is 3.24. The maximum Gasteiger partial charge on any atom is 0.334 e.